The number of H-pyrrole nitrogens is 1. The summed E-state index contributed by atoms with van der Waals surface area (Å²) in [5.74, 6) is -0.229. The third-order valence-corrected chi connectivity index (χ3v) is 4.94. The molecule has 136 valence electrons. The van der Waals surface area contributed by atoms with Gasteiger partial charge in [-0.2, -0.15) is 0 Å². The Kier molecular flexibility index (Phi) is 4.37. The molecule has 1 aliphatic heterocycles. The smallest absolute Gasteiger partial charge is 0.274 e. The molecule has 7 heteroatoms. The standard InChI is InChI=1S/C20H18N4O2S/c1-13(25)23-10-9-14-11-15(7-8-17(14)23)22-19(26)18-12-21-20(27)24(18)16-5-3-2-4-6-16/h2-8,11-12H,9-10H2,1H3,(H,21,27)(H,22,26). The third-order valence-electron chi connectivity index (χ3n) is 4.64. The fourth-order valence-electron chi connectivity index (χ4n) is 3.37. The van der Waals surface area contributed by atoms with Gasteiger partial charge in [0, 0.05) is 36.7 Å². The highest BCUT2D eigenvalue weighted by molar-refractivity contribution is 7.71. The zero-order chi connectivity index (χ0) is 19.0. The molecule has 4 rings (SSSR count). The molecular formula is C20H18N4O2S. The maximum atomic E-state index is 12.8. The van der Waals surface area contributed by atoms with Crippen LogP contribution in [0.25, 0.3) is 5.69 Å². The number of carbonyl (C=O) groups is 2. The van der Waals surface area contributed by atoms with Gasteiger partial charge in [0.25, 0.3) is 5.91 Å². The molecule has 2 heterocycles. The molecule has 1 aromatic heterocycles. The van der Waals surface area contributed by atoms with Gasteiger partial charge in [-0.05, 0) is 54.5 Å². The minimum Gasteiger partial charge on any atom is -0.336 e. The summed E-state index contributed by atoms with van der Waals surface area (Å²) < 4.78 is 2.16. The van der Waals surface area contributed by atoms with E-state index in [1.807, 2.05) is 48.5 Å². The second-order valence-electron chi connectivity index (χ2n) is 6.37. The van der Waals surface area contributed by atoms with Crippen molar-refractivity contribution in [3.05, 3.63) is 70.8 Å². The van der Waals surface area contributed by atoms with E-state index in [2.05, 4.69) is 10.3 Å². The first-order chi connectivity index (χ1) is 13.0. The molecule has 2 amide bonds. The molecular weight excluding hydrogens is 360 g/mol. The second kappa shape index (κ2) is 6.85. The molecule has 0 unspecified atom stereocenters. The van der Waals surface area contributed by atoms with Gasteiger partial charge in [0.15, 0.2) is 4.77 Å². The van der Waals surface area contributed by atoms with E-state index in [9.17, 15) is 9.59 Å². The maximum Gasteiger partial charge on any atom is 0.274 e. The number of fused-ring (bicyclic) bond motifs is 1. The van der Waals surface area contributed by atoms with Crippen molar-refractivity contribution >= 4 is 35.4 Å². The number of hydrogen-bond acceptors (Lipinski definition) is 3. The molecule has 2 aromatic carbocycles. The number of imidazole rings is 1. The predicted molar refractivity (Wildman–Crippen MR) is 107 cm³/mol. The summed E-state index contributed by atoms with van der Waals surface area (Å²) in [6.07, 6.45) is 2.39. The summed E-state index contributed by atoms with van der Waals surface area (Å²) in [6, 6.07) is 15.1. The van der Waals surface area contributed by atoms with Crippen molar-refractivity contribution in [2.75, 3.05) is 16.8 Å². The Morgan fingerprint density at radius 3 is 2.67 bits per heavy atom. The van der Waals surface area contributed by atoms with Crippen molar-refractivity contribution in [2.45, 2.75) is 13.3 Å². The molecule has 27 heavy (non-hydrogen) atoms. The van der Waals surface area contributed by atoms with Crippen LogP contribution in [0, 0.1) is 4.77 Å². The van der Waals surface area contributed by atoms with Crippen LogP contribution in [0.4, 0.5) is 11.4 Å². The summed E-state index contributed by atoms with van der Waals surface area (Å²) in [5.41, 5.74) is 3.90. The molecule has 1 aliphatic rings. The molecule has 0 fully saturated rings. The lowest BCUT2D eigenvalue weighted by Gasteiger charge is -2.15. The number of aromatic nitrogens is 2. The molecule has 0 radical (unpaired) electrons. The van der Waals surface area contributed by atoms with E-state index >= 15 is 0 Å². The molecule has 0 aliphatic carbocycles. The minimum absolute atomic E-state index is 0.0275. The number of hydrogen-bond donors (Lipinski definition) is 2. The molecule has 3 aromatic rings. The van der Waals surface area contributed by atoms with Crippen molar-refractivity contribution in [1.82, 2.24) is 9.55 Å². The van der Waals surface area contributed by atoms with Crippen molar-refractivity contribution < 1.29 is 9.59 Å². The molecule has 0 spiro atoms. The van der Waals surface area contributed by atoms with E-state index in [0.717, 1.165) is 23.4 Å². The largest absolute Gasteiger partial charge is 0.336 e. The van der Waals surface area contributed by atoms with Gasteiger partial charge >= 0.3 is 0 Å². The fourth-order valence-corrected chi connectivity index (χ4v) is 3.63. The van der Waals surface area contributed by atoms with Crippen LogP contribution in [0.15, 0.2) is 54.7 Å². The highest BCUT2D eigenvalue weighted by Crippen LogP contribution is 2.30. The Hall–Kier alpha value is -3.19. The van der Waals surface area contributed by atoms with Crippen LogP contribution in [-0.2, 0) is 11.2 Å². The van der Waals surface area contributed by atoms with E-state index in [0.29, 0.717) is 22.7 Å². The summed E-state index contributed by atoms with van der Waals surface area (Å²) in [4.78, 5) is 29.2. The predicted octanol–water partition coefficient (Wildman–Crippen LogP) is 3.70. The number of nitrogens with zero attached hydrogens (tertiary/aromatic N) is 2. The van der Waals surface area contributed by atoms with Crippen molar-refractivity contribution in [2.24, 2.45) is 0 Å². The zero-order valence-electron chi connectivity index (χ0n) is 14.7. The number of anilines is 2. The van der Waals surface area contributed by atoms with Crippen LogP contribution in [-0.4, -0.2) is 27.9 Å². The Bertz CT molecular complexity index is 1080. The van der Waals surface area contributed by atoms with Crippen LogP contribution in [0.3, 0.4) is 0 Å². The minimum atomic E-state index is -0.257. The third kappa shape index (κ3) is 3.17. The first kappa shape index (κ1) is 17.2. The molecule has 0 atom stereocenters. The Morgan fingerprint density at radius 2 is 1.93 bits per heavy atom. The van der Waals surface area contributed by atoms with E-state index in [4.69, 9.17) is 12.2 Å². The van der Waals surface area contributed by atoms with Crippen molar-refractivity contribution in [3.63, 3.8) is 0 Å². The first-order valence-electron chi connectivity index (χ1n) is 8.63. The quantitative estimate of drug-likeness (QED) is 0.683. The van der Waals surface area contributed by atoms with Gasteiger partial charge in [-0.3, -0.25) is 14.2 Å². The van der Waals surface area contributed by atoms with Crippen molar-refractivity contribution in [1.29, 1.82) is 0 Å². The Balaban J connectivity index is 1.62. The number of para-hydroxylation sites is 1. The maximum absolute atomic E-state index is 12.8. The lowest BCUT2D eigenvalue weighted by Crippen LogP contribution is -2.25. The van der Waals surface area contributed by atoms with Gasteiger partial charge in [-0.25, -0.2) is 0 Å². The summed E-state index contributed by atoms with van der Waals surface area (Å²) in [7, 11) is 0. The van der Waals surface area contributed by atoms with Crippen LogP contribution < -0.4 is 10.2 Å². The normalized spacial score (nSPS) is 12.7. The van der Waals surface area contributed by atoms with Crippen LogP contribution in [0.1, 0.15) is 23.0 Å². The number of nitrogens with one attached hydrogen (secondary N) is 2. The number of benzene rings is 2. The van der Waals surface area contributed by atoms with Gasteiger partial charge in [0.1, 0.15) is 5.69 Å². The Labute approximate surface area is 161 Å². The van der Waals surface area contributed by atoms with E-state index in [1.54, 1.807) is 22.6 Å². The molecule has 6 nitrogen and oxygen atoms in total. The number of amides is 2. The zero-order valence-corrected chi connectivity index (χ0v) is 15.5. The van der Waals surface area contributed by atoms with Gasteiger partial charge in [-0.15, -0.1) is 0 Å². The number of rotatable bonds is 3. The molecule has 2 N–H and O–H groups in total. The highest BCUT2D eigenvalue weighted by atomic mass is 32.1. The van der Waals surface area contributed by atoms with E-state index in [-0.39, 0.29) is 11.8 Å². The van der Waals surface area contributed by atoms with Crippen molar-refractivity contribution in [3.8, 4) is 5.69 Å². The molecule has 0 bridgehead atoms. The molecule has 0 saturated carbocycles. The van der Waals surface area contributed by atoms with E-state index < -0.39 is 0 Å². The lowest BCUT2D eigenvalue weighted by molar-refractivity contribution is -0.116. The molecule has 0 saturated heterocycles. The van der Waals surface area contributed by atoms with Gasteiger partial charge in [0.2, 0.25) is 5.91 Å². The van der Waals surface area contributed by atoms with Gasteiger partial charge in [0.05, 0.1) is 0 Å². The second-order valence-corrected chi connectivity index (χ2v) is 6.75. The lowest BCUT2D eigenvalue weighted by atomic mass is 10.1. The first-order valence-corrected chi connectivity index (χ1v) is 9.03. The topological polar surface area (TPSA) is 70.1 Å². The fraction of sp³-hybridized carbons (Fsp3) is 0.150. The summed E-state index contributed by atoms with van der Waals surface area (Å²) >= 11 is 5.33. The number of aromatic amines is 1. The number of carbonyl (C=O) groups excluding carboxylic acids is 2. The van der Waals surface area contributed by atoms with Crippen LogP contribution in [0.5, 0.6) is 0 Å². The van der Waals surface area contributed by atoms with Crippen LogP contribution >= 0.6 is 12.2 Å². The van der Waals surface area contributed by atoms with Gasteiger partial charge in [-0.1, -0.05) is 18.2 Å². The Morgan fingerprint density at radius 1 is 1.15 bits per heavy atom. The monoisotopic (exact) mass is 378 g/mol. The summed E-state index contributed by atoms with van der Waals surface area (Å²) in [5, 5.41) is 2.93. The van der Waals surface area contributed by atoms with Gasteiger partial charge < -0.3 is 15.2 Å². The average molecular weight is 378 g/mol. The highest BCUT2D eigenvalue weighted by Gasteiger charge is 2.23. The van der Waals surface area contributed by atoms with E-state index in [1.165, 1.54) is 0 Å². The summed E-state index contributed by atoms with van der Waals surface area (Å²) in [6.45, 7) is 2.23. The average Bonchev–Trinajstić information content (AvgIpc) is 3.25. The van der Waals surface area contributed by atoms with Crippen LogP contribution in [0.2, 0.25) is 0 Å². The SMILES string of the molecule is CC(=O)N1CCc2cc(NC(=O)c3c[nH]c(=S)n3-c3ccccc3)ccc21.